The van der Waals surface area contributed by atoms with Crippen molar-refractivity contribution >= 4 is 11.7 Å². The standard InChI is InChI=1S/C22H31N5O2/c1-23-10-12-26(2)21-13-18(7-9-24-21)22(29)25-14-20(28)16-27-11-8-17-5-3-4-6-19(17)15-27/h3-7,9,13,20,23,28H,8,10-12,14-16H2,1-2H3,(H,25,29)/t20-/m0/s1. The van der Waals surface area contributed by atoms with E-state index in [1.54, 1.807) is 18.3 Å². The molecule has 2 aromatic rings. The number of β-amino-alcohol motifs (C(OH)–C–C–N with tert-alkyl or cyclic N) is 1. The lowest BCUT2D eigenvalue weighted by Gasteiger charge is -2.30. The van der Waals surface area contributed by atoms with Gasteiger partial charge in [-0.15, -0.1) is 0 Å². The Morgan fingerprint density at radius 3 is 2.90 bits per heavy atom. The molecule has 156 valence electrons. The number of fused-ring (bicyclic) bond motifs is 1. The Kier molecular flexibility index (Phi) is 7.57. The van der Waals surface area contributed by atoms with Gasteiger partial charge in [0.05, 0.1) is 6.10 Å². The Labute approximate surface area is 172 Å². The molecule has 3 rings (SSSR count). The largest absolute Gasteiger partial charge is 0.390 e. The van der Waals surface area contributed by atoms with Crippen molar-refractivity contribution in [1.82, 2.24) is 20.5 Å². The summed E-state index contributed by atoms with van der Waals surface area (Å²) in [5.41, 5.74) is 3.26. The summed E-state index contributed by atoms with van der Waals surface area (Å²) in [4.78, 5) is 21.1. The lowest BCUT2D eigenvalue weighted by molar-refractivity contribution is 0.0842. The molecule has 1 atom stereocenters. The van der Waals surface area contributed by atoms with Crippen LogP contribution in [-0.2, 0) is 13.0 Å². The molecule has 1 amide bonds. The number of amides is 1. The molecule has 0 unspecified atom stereocenters. The van der Waals surface area contributed by atoms with Gasteiger partial charge in [-0.25, -0.2) is 4.98 Å². The van der Waals surface area contributed by atoms with Gasteiger partial charge in [-0.05, 0) is 36.7 Å². The van der Waals surface area contributed by atoms with Gasteiger partial charge < -0.3 is 20.6 Å². The Balaban J connectivity index is 1.48. The van der Waals surface area contributed by atoms with Crippen molar-refractivity contribution in [2.75, 3.05) is 51.7 Å². The second-order valence-corrected chi connectivity index (χ2v) is 7.55. The van der Waals surface area contributed by atoms with Crippen LogP contribution in [0, 0.1) is 0 Å². The van der Waals surface area contributed by atoms with E-state index < -0.39 is 6.10 Å². The van der Waals surface area contributed by atoms with Crippen LogP contribution in [0.1, 0.15) is 21.5 Å². The van der Waals surface area contributed by atoms with Gasteiger partial charge in [-0.1, -0.05) is 24.3 Å². The molecule has 0 bridgehead atoms. The molecule has 0 spiro atoms. The summed E-state index contributed by atoms with van der Waals surface area (Å²) >= 11 is 0. The number of nitrogens with zero attached hydrogens (tertiary/aromatic N) is 3. The molecule has 7 heteroatoms. The number of nitrogens with one attached hydrogen (secondary N) is 2. The van der Waals surface area contributed by atoms with Crippen molar-refractivity contribution in [2.24, 2.45) is 0 Å². The average molecular weight is 398 g/mol. The van der Waals surface area contributed by atoms with E-state index >= 15 is 0 Å². The molecule has 1 aromatic carbocycles. The maximum atomic E-state index is 12.5. The fraction of sp³-hybridized carbons (Fsp3) is 0.455. The summed E-state index contributed by atoms with van der Waals surface area (Å²) in [5, 5.41) is 16.3. The highest BCUT2D eigenvalue weighted by atomic mass is 16.3. The normalized spacial score (nSPS) is 14.9. The first-order chi connectivity index (χ1) is 14.1. The fourth-order valence-corrected chi connectivity index (χ4v) is 3.55. The number of benzene rings is 1. The number of pyridine rings is 1. The molecule has 0 saturated carbocycles. The molecule has 1 aliphatic heterocycles. The van der Waals surface area contributed by atoms with Gasteiger partial charge in [0, 0.05) is 58.1 Å². The molecular formula is C22H31N5O2. The van der Waals surface area contributed by atoms with E-state index in [-0.39, 0.29) is 12.5 Å². The zero-order valence-electron chi connectivity index (χ0n) is 17.3. The molecule has 0 saturated heterocycles. The molecule has 3 N–H and O–H groups in total. The Morgan fingerprint density at radius 2 is 2.10 bits per heavy atom. The topological polar surface area (TPSA) is 80.7 Å². The molecule has 1 aliphatic rings. The van der Waals surface area contributed by atoms with Crippen molar-refractivity contribution in [1.29, 1.82) is 0 Å². The van der Waals surface area contributed by atoms with Crippen LogP contribution in [0.3, 0.4) is 0 Å². The number of carbonyl (C=O) groups excluding carboxylic acids is 1. The highest BCUT2D eigenvalue weighted by Crippen LogP contribution is 2.18. The molecule has 0 fully saturated rings. The number of aliphatic hydroxyl groups excluding tert-OH is 1. The fourth-order valence-electron chi connectivity index (χ4n) is 3.55. The van der Waals surface area contributed by atoms with Gasteiger partial charge in [0.2, 0.25) is 0 Å². The Morgan fingerprint density at radius 1 is 1.31 bits per heavy atom. The number of aliphatic hydroxyl groups is 1. The summed E-state index contributed by atoms with van der Waals surface area (Å²) in [7, 11) is 3.85. The highest BCUT2D eigenvalue weighted by Gasteiger charge is 2.19. The SMILES string of the molecule is CNCCN(C)c1cc(C(=O)NC[C@H](O)CN2CCc3ccccc3C2)ccn1. The zero-order valence-corrected chi connectivity index (χ0v) is 17.3. The van der Waals surface area contributed by atoms with Crippen LogP contribution in [0.25, 0.3) is 0 Å². The number of anilines is 1. The summed E-state index contributed by atoms with van der Waals surface area (Å²) in [6.07, 6.45) is 2.03. The second kappa shape index (κ2) is 10.3. The van der Waals surface area contributed by atoms with E-state index in [0.29, 0.717) is 12.1 Å². The third kappa shape index (κ3) is 6.00. The van der Waals surface area contributed by atoms with Crippen LogP contribution in [0.5, 0.6) is 0 Å². The van der Waals surface area contributed by atoms with Crippen molar-refractivity contribution in [2.45, 2.75) is 19.1 Å². The third-order valence-corrected chi connectivity index (χ3v) is 5.27. The predicted molar refractivity (Wildman–Crippen MR) is 115 cm³/mol. The minimum absolute atomic E-state index is 0.196. The summed E-state index contributed by atoms with van der Waals surface area (Å²) in [6, 6.07) is 11.9. The van der Waals surface area contributed by atoms with Crippen LogP contribution in [0.15, 0.2) is 42.6 Å². The van der Waals surface area contributed by atoms with E-state index in [0.717, 1.165) is 38.4 Å². The highest BCUT2D eigenvalue weighted by molar-refractivity contribution is 5.94. The second-order valence-electron chi connectivity index (χ2n) is 7.55. The first-order valence-electron chi connectivity index (χ1n) is 10.1. The van der Waals surface area contributed by atoms with Crippen LogP contribution < -0.4 is 15.5 Å². The number of likely N-dealkylation sites (N-methyl/N-ethyl adjacent to an activating group) is 2. The van der Waals surface area contributed by atoms with Crippen LogP contribution in [-0.4, -0.2) is 73.8 Å². The van der Waals surface area contributed by atoms with Crippen molar-refractivity contribution in [3.05, 3.63) is 59.3 Å². The number of hydrogen-bond acceptors (Lipinski definition) is 6. The van der Waals surface area contributed by atoms with Gasteiger partial charge in [0.25, 0.3) is 5.91 Å². The lowest BCUT2D eigenvalue weighted by Crippen LogP contribution is -2.42. The molecule has 7 nitrogen and oxygen atoms in total. The predicted octanol–water partition coefficient (Wildman–Crippen LogP) is 0.886. The van der Waals surface area contributed by atoms with E-state index in [2.05, 4.69) is 44.8 Å². The van der Waals surface area contributed by atoms with Crippen molar-refractivity contribution < 1.29 is 9.90 Å². The minimum atomic E-state index is -0.608. The van der Waals surface area contributed by atoms with Crippen LogP contribution in [0.2, 0.25) is 0 Å². The van der Waals surface area contributed by atoms with Gasteiger partial charge >= 0.3 is 0 Å². The van der Waals surface area contributed by atoms with Gasteiger partial charge in [-0.2, -0.15) is 0 Å². The van der Waals surface area contributed by atoms with Crippen molar-refractivity contribution in [3.63, 3.8) is 0 Å². The Hall–Kier alpha value is -2.48. The van der Waals surface area contributed by atoms with Gasteiger partial charge in [-0.3, -0.25) is 9.69 Å². The number of aromatic nitrogens is 1. The van der Waals surface area contributed by atoms with E-state index in [4.69, 9.17) is 0 Å². The number of rotatable bonds is 9. The third-order valence-electron chi connectivity index (χ3n) is 5.27. The first-order valence-corrected chi connectivity index (χ1v) is 10.1. The van der Waals surface area contributed by atoms with Crippen LogP contribution >= 0.6 is 0 Å². The van der Waals surface area contributed by atoms with E-state index in [1.165, 1.54) is 11.1 Å². The quantitative estimate of drug-likeness (QED) is 0.583. The van der Waals surface area contributed by atoms with Gasteiger partial charge in [0.1, 0.15) is 5.82 Å². The molecule has 0 aliphatic carbocycles. The zero-order chi connectivity index (χ0) is 20.6. The minimum Gasteiger partial charge on any atom is -0.390 e. The maximum absolute atomic E-state index is 12.5. The first kappa shape index (κ1) is 21.2. The molecule has 0 radical (unpaired) electrons. The summed E-state index contributed by atoms with van der Waals surface area (Å²) < 4.78 is 0. The smallest absolute Gasteiger partial charge is 0.251 e. The lowest BCUT2D eigenvalue weighted by atomic mass is 10.00. The molecule has 29 heavy (non-hydrogen) atoms. The van der Waals surface area contributed by atoms with E-state index in [9.17, 15) is 9.90 Å². The summed E-state index contributed by atoms with van der Waals surface area (Å²) in [5.74, 6) is 0.555. The van der Waals surface area contributed by atoms with Gasteiger partial charge in [0.15, 0.2) is 0 Å². The van der Waals surface area contributed by atoms with Crippen LogP contribution in [0.4, 0.5) is 5.82 Å². The molecule has 1 aromatic heterocycles. The van der Waals surface area contributed by atoms with Crippen molar-refractivity contribution in [3.8, 4) is 0 Å². The van der Waals surface area contributed by atoms with E-state index in [1.807, 2.05) is 19.0 Å². The molecular weight excluding hydrogens is 366 g/mol. The average Bonchev–Trinajstić information content (AvgIpc) is 2.75. The maximum Gasteiger partial charge on any atom is 0.251 e. The summed E-state index contributed by atoms with van der Waals surface area (Å²) in [6.45, 7) is 4.17. The number of carbonyl (C=O) groups is 1. The monoisotopic (exact) mass is 397 g/mol. The number of hydrogen-bond donors (Lipinski definition) is 3. The molecule has 2 heterocycles. The Bertz CT molecular complexity index is 813.